The van der Waals surface area contributed by atoms with Crippen molar-refractivity contribution in [2.45, 2.75) is 6.92 Å². The molecule has 1 aliphatic heterocycles. The largest absolute Gasteiger partial charge is 0.373 e. The highest BCUT2D eigenvalue weighted by Gasteiger charge is 2.18. The van der Waals surface area contributed by atoms with Gasteiger partial charge in [-0.3, -0.25) is 9.59 Å². The van der Waals surface area contributed by atoms with Crippen LogP contribution >= 0.6 is 11.6 Å². The molecule has 1 fully saturated rings. The Labute approximate surface area is 139 Å². The Morgan fingerprint density at radius 2 is 1.91 bits per heavy atom. The van der Waals surface area contributed by atoms with Gasteiger partial charge in [-0.2, -0.15) is 5.26 Å². The maximum atomic E-state index is 12.2. The van der Waals surface area contributed by atoms with Crippen LogP contribution in [0.4, 0.5) is 5.69 Å². The van der Waals surface area contributed by atoms with Crippen molar-refractivity contribution in [2.24, 2.45) is 0 Å². The van der Waals surface area contributed by atoms with Crippen molar-refractivity contribution in [2.75, 3.05) is 31.5 Å². The van der Waals surface area contributed by atoms with Crippen molar-refractivity contribution in [1.82, 2.24) is 9.80 Å². The molecule has 0 aromatic heterocycles. The molecule has 1 N–H and O–H groups in total. The van der Waals surface area contributed by atoms with E-state index >= 15 is 0 Å². The quantitative estimate of drug-likeness (QED) is 0.677. The summed E-state index contributed by atoms with van der Waals surface area (Å²) in [6.45, 7) is 3.87. The summed E-state index contributed by atoms with van der Waals surface area (Å²) in [6.07, 6.45) is 1.53. The second kappa shape index (κ2) is 7.65. The molecule has 120 valence electrons. The molecule has 0 atom stereocenters. The lowest BCUT2D eigenvalue weighted by Gasteiger charge is -2.33. The fourth-order valence-electron chi connectivity index (χ4n) is 2.24. The summed E-state index contributed by atoms with van der Waals surface area (Å²) in [4.78, 5) is 27.1. The molecule has 0 saturated carbocycles. The zero-order valence-corrected chi connectivity index (χ0v) is 13.5. The van der Waals surface area contributed by atoms with Crippen molar-refractivity contribution < 1.29 is 9.59 Å². The summed E-state index contributed by atoms with van der Waals surface area (Å²) in [7, 11) is 0. The van der Waals surface area contributed by atoms with Gasteiger partial charge in [0.05, 0.1) is 10.7 Å². The average Bonchev–Trinajstić information content (AvgIpc) is 2.55. The van der Waals surface area contributed by atoms with Crippen LogP contribution in [0, 0.1) is 11.3 Å². The van der Waals surface area contributed by atoms with Crippen molar-refractivity contribution in [3.63, 3.8) is 0 Å². The number of rotatable bonds is 3. The molecule has 6 nitrogen and oxygen atoms in total. The Morgan fingerprint density at radius 1 is 1.26 bits per heavy atom. The van der Waals surface area contributed by atoms with Gasteiger partial charge >= 0.3 is 0 Å². The molecule has 2 amide bonds. The number of anilines is 1. The summed E-state index contributed by atoms with van der Waals surface area (Å²) in [5.74, 6) is -0.472. The van der Waals surface area contributed by atoms with Crippen LogP contribution in [0.25, 0.3) is 0 Å². The lowest BCUT2D eigenvalue weighted by atomic mass is 10.2. The van der Waals surface area contributed by atoms with E-state index in [-0.39, 0.29) is 11.5 Å². The molecule has 0 aliphatic carbocycles. The van der Waals surface area contributed by atoms with Gasteiger partial charge in [0.2, 0.25) is 5.91 Å². The standard InChI is InChI=1S/C16H17ClN4O2/c1-12(22)21-8-6-20(7-9-21)11-13(10-18)16(23)19-15-5-3-2-4-14(15)17/h2-5,11H,6-9H2,1H3,(H,19,23)/b13-11-. The third kappa shape index (κ3) is 4.47. The zero-order valence-electron chi connectivity index (χ0n) is 12.8. The Balaban J connectivity index is 2.02. The van der Waals surface area contributed by atoms with Crippen molar-refractivity contribution in [3.05, 3.63) is 41.1 Å². The molecule has 1 heterocycles. The molecule has 1 aliphatic rings. The number of nitrogens with one attached hydrogen (secondary N) is 1. The van der Waals surface area contributed by atoms with Gasteiger partial charge in [-0.1, -0.05) is 23.7 Å². The number of nitriles is 1. The van der Waals surface area contributed by atoms with Crippen LogP contribution in [0.15, 0.2) is 36.0 Å². The predicted octanol–water partition coefficient (Wildman–Crippen LogP) is 1.85. The molecular formula is C16H17ClN4O2. The average molecular weight is 333 g/mol. The topological polar surface area (TPSA) is 76.4 Å². The van der Waals surface area contributed by atoms with E-state index in [1.807, 2.05) is 11.0 Å². The molecule has 0 bridgehead atoms. The molecule has 7 heteroatoms. The molecule has 23 heavy (non-hydrogen) atoms. The van der Waals surface area contributed by atoms with E-state index in [2.05, 4.69) is 5.32 Å². The minimum absolute atomic E-state index is 0.00111. The fraction of sp³-hybridized carbons (Fsp3) is 0.312. The molecule has 0 spiro atoms. The number of hydrogen-bond donors (Lipinski definition) is 1. The van der Waals surface area contributed by atoms with E-state index in [4.69, 9.17) is 11.6 Å². The van der Waals surface area contributed by atoms with Crippen LogP contribution in [0.3, 0.4) is 0 Å². The summed E-state index contributed by atoms with van der Waals surface area (Å²) < 4.78 is 0. The third-order valence-corrected chi connectivity index (χ3v) is 3.89. The molecule has 2 rings (SSSR count). The predicted molar refractivity (Wildman–Crippen MR) is 87.6 cm³/mol. The van der Waals surface area contributed by atoms with Gasteiger partial charge in [0.25, 0.3) is 5.91 Å². The van der Waals surface area contributed by atoms with Crippen molar-refractivity contribution in [3.8, 4) is 6.07 Å². The second-order valence-corrected chi connectivity index (χ2v) is 5.54. The van der Waals surface area contributed by atoms with E-state index in [0.29, 0.717) is 36.9 Å². The Kier molecular flexibility index (Phi) is 5.61. The van der Waals surface area contributed by atoms with Gasteiger partial charge in [0, 0.05) is 39.3 Å². The first-order chi connectivity index (χ1) is 11.0. The minimum atomic E-state index is -0.505. The molecule has 1 aromatic carbocycles. The van der Waals surface area contributed by atoms with E-state index in [1.165, 1.54) is 13.1 Å². The number of amides is 2. The van der Waals surface area contributed by atoms with Crippen LogP contribution < -0.4 is 5.32 Å². The smallest absolute Gasteiger partial charge is 0.267 e. The van der Waals surface area contributed by atoms with E-state index in [0.717, 1.165) is 0 Å². The summed E-state index contributed by atoms with van der Waals surface area (Å²) in [6, 6.07) is 8.74. The van der Waals surface area contributed by atoms with Gasteiger partial charge < -0.3 is 15.1 Å². The number of hydrogen-bond acceptors (Lipinski definition) is 4. The van der Waals surface area contributed by atoms with Crippen molar-refractivity contribution >= 4 is 29.1 Å². The van der Waals surface area contributed by atoms with Gasteiger partial charge in [-0.05, 0) is 12.1 Å². The van der Waals surface area contributed by atoms with Crippen LogP contribution in [-0.4, -0.2) is 47.8 Å². The maximum absolute atomic E-state index is 12.2. The lowest BCUT2D eigenvalue weighted by molar-refractivity contribution is -0.130. The molecule has 1 aromatic rings. The number of nitrogens with zero attached hydrogens (tertiary/aromatic N) is 3. The lowest BCUT2D eigenvalue weighted by Crippen LogP contribution is -2.46. The fourth-order valence-corrected chi connectivity index (χ4v) is 2.42. The normalized spacial score (nSPS) is 15.1. The highest BCUT2D eigenvalue weighted by Crippen LogP contribution is 2.21. The van der Waals surface area contributed by atoms with Crippen LogP contribution in [-0.2, 0) is 9.59 Å². The number of benzene rings is 1. The molecule has 0 radical (unpaired) electrons. The summed E-state index contributed by atoms with van der Waals surface area (Å²) in [5.41, 5.74) is 0.461. The number of carbonyl (C=O) groups excluding carboxylic acids is 2. The third-order valence-electron chi connectivity index (χ3n) is 3.56. The number of halogens is 1. The van der Waals surface area contributed by atoms with Crippen LogP contribution in [0.2, 0.25) is 5.02 Å². The van der Waals surface area contributed by atoms with Gasteiger partial charge in [0.1, 0.15) is 11.6 Å². The first-order valence-corrected chi connectivity index (χ1v) is 7.56. The Hall–Kier alpha value is -2.52. The minimum Gasteiger partial charge on any atom is -0.373 e. The number of carbonyl (C=O) groups is 2. The Bertz CT molecular complexity index is 673. The molecule has 1 saturated heterocycles. The zero-order chi connectivity index (χ0) is 16.8. The summed E-state index contributed by atoms with van der Waals surface area (Å²) in [5, 5.41) is 12.2. The van der Waals surface area contributed by atoms with Crippen LogP contribution in [0.5, 0.6) is 0 Å². The van der Waals surface area contributed by atoms with Crippen LogP contribution in [0.1, 0.15) is 6.92 Å². The van der Waals surface area contributed by atoms with E-state index in [9.17, 15) is 14.9 Å². The monoisotopic (exact) mass is 332 g/mol. The van der Waals surface area contributed by atoms with Gasteiger partial charge in [-0.25, -0.2) is 0 Å². The summed E-state index contributed by atoms with van der Waals surface area (Å²) >= 11 is 5.99. The SMILES string of the molecule is CC(=O)N1CCN(/C=C(/C#N)C(=O)Nc2ccccc2Cl)CC1. The highest BCUT2D eigenvalue weighted by molar-refractivity contribution is 6.33. The maximum Gasteiger partial charge on any atom is 0.267 e. The van der Waals surface area contributed by atoms with Gasteiger partial charge in [-0.15, -0.1) is 0 Å². The Morgan fingerprint density at radius 3 is 2.48 bits per heavy atom. The second-order valence-electron chi connectivity index (χ2n) is 5.13. The van der Waals surface area contributed by atoms with Gasteiger partial charge in [0.15, 0.2) is 0 Å². The number of piperazine rings is 1. The first-order valence-electron chi connectivity index (χ1n) is 7.18. The van der Waals surface area contributed by atoms with E-state index in [1.54, 1.807) is 29.2 Å². The van der Waals surface area contributed by atoms with Crippen molar-refractivity contribution in [1.29, 1.82) is 5.26 Å². The highest BCUT2D eigenvalue weighted by atomic mass is 35.5. The molecule has 0 unspecified atom stereocenters. The first kappa shape index (κ1) is 16.8. The van der Waals surface area contributed by atoms with E-state index < -0.39 is 5.91 Å². The molecular weight excluding hydrogens is 316 g/mol. The number of para-hydroxylation sites is 1.